The predicted octanol–water partition coefficient (Wildman–Crippen LogP) is 2.32. The van der Waals surface area contributed by atoms with Crippen molar-refractivity contribution in [1.82, 2.24) is 10.2 Å². The maximum Gasteiger partial charge on any atom is 0.270 e. The highest BCUT2D eigenvalue weighted by Gasteiger charge is 2.38. The quantitative estimate of drug-likeness (QED) is 0.686. The highest BCUT2D eigenvalue weighted by atomic mass is 35.5. The molecule has 1 heterocycles. The molecule has 1 aromatic rings. The lowest BCUT2D eigenvalue weighted by atomic mass is 9.87. The number of non-ortho nitro benzene ring substituents is 1. The first-order valence-electron chi connectivity index (χ1n) is 6.64. The molecule has 1 unspecified atom stereocenters. The summed E-state index contributed by atoms with van der Waals surface area (Å²) >= 11 is 5.98. The molecule has 1 fully saturated rings. The van der Waals surface area contributed by atoms with Crippen LogP contribution in [0.5, 0.6) is 0 Å². The highest BCUT2D eigenvalue weighted by molar-refractivity contribution is 6.34. The third-order valence-electron chi connectivity index (χ3n) is 3.83. The summed E-state index contributed by atoms with van der Waals surface area (Å²) in [5.41, 5.74) is 0.0996. The second kappa shape index (κ2) is 5.61. The van der Waals surface area contributed by atoms with Gasteiger partial charge in [-0.15, -0.1) is 0 Å². The number of amides is 1. The molecule has 0 saturated carbocycles. The number of hydrogen-bond donors (Lipinski definition) is 1. The van der Waals surface area contributed by atoms with Crippen molar-refractivity contribution in [3.63, 3.8) is 0 Å². The maximum atomic E-state index is 12.3. The van der Waals surface area contributed by atoms with Crippen LogP contribution in [0, 0.1) is 15.5 Å². The Hall–Kier alpha value is -1.66. The third kappa shape index (κ3) is 3.33. The number of nitro benzene ring substituents is 1. The molecule has 6 nitrogen and oxygen atoms in total. The van der Waals surface area contributed by atoms with Gasteiger partial charge in [0.1, 0.15) is 0 Å². The van der Waals surface area contributed by atoms with E-state index in [-0.39, 0.29) is 33.6 Å². The molecule has 1 amide bonds. The molecule has 0 aromatic heterocycles. The van der Waals surface area contributed by atoms with Crippen molar-refractivity contribution in [2.24, 2.45) is 5.41 Å². The van der Waals surface area contributed by atoms with Gasteiger partial charge in [-0.25, -0.2) is 0 Å². The molecule has 0 aliphatic carbocycles. The molecule has 2 rings (SSSR count). The Kier molecular flexibility index (Phi) is 4.20. The minimum absolute atomic E-state index is 0.0151. The number of likely N-dealkylation sites (N-methyl/N-ethyl adjacent to an activating group) is 1. The first-order chi connectivity index (χ1) is 9.70. The van der Waals surface area contributed by atoms with Crippen molar-refractivity contribution in [2.75, 3.05) is 20.1 Å². The van der Waals surface area contributed by atoms with Gasteiger partial charge in [0.25, 0.3) is 11.6 Å². The van der Waals surface area contributed by atoms with Gasteiger partial charge in [0.05, 0.1) is 15.5 Å². The average Bonchev–Trinajstić information content (AvgIpc) is 2.61. The first-order valence-corrected chi connectivity index (χ1v) is 7.02. The van der Waals surface area contributed by atoms with Crippen LogP contribution in [-0.2, 0) is 0 Å². The molecule has 1 aromatic carbocycles. The number of likely N-dealkylation sites (tertiary alicyclic amines) is 1. The lowest BCUT2D eigenvalue weighted by Crippen LogP contribution is -2.44. The van der Waals surface area contributed by atoms with Crippen molar-refractivity contribution in [2.45, 2.75) is 19.9 Å². The van der Waals surface area contributed by atoms with Crippen molar-refractivity contribution >= 4 is 23.2 Å². The molecule has 1 N–H and O–H groups in total. The summed E-state index contributed by atoms with van der Waals surface area (Å²) in [6, 6.07) is 3.89. The highest BCUT2D eigenvalue weighted by Crippen LogP contribution is 2.29. The fraction of sp³-hybridized carbons (Fsp3) is 0.500. The smallest absolute Gasteiger partial charge is 0.270 e. The number of nitrogens with zero attached hydrogens (tertiary/aromatic N) is 2. The fourth-order valence-electron chi connectivity index (χ4n) is 2.71. The zero-order chi connectivity index (χ0) is 15.8. The van der Waals surface area contributed by atoms with E-state index in [4.69, 9.17) is 11.6 Å². The van der Waals surface area contributed by atoms with Crippen molar-refractivity contribution < 1.29 is 9.72 Å². The van der Waals surface area contributed by atoms with E-state index in [9.17, 15) is 14.9 Å². The monoisotopic (exact) mass is 311 g/mol. The van der Waals surface area contributed by atoms with Crippen molar-refractivity contribution in [3.05, 3.63) is 38.9 Å². The topological polar surface area (TPSA) is 75.5 Å². The van der Waals surface area contributed by atoms with E-state index in [1.54, 1.807) is 0 Å². The lowest BCUT2D eigenvalue weighted by Gasteiger charge is -2.26. The van der Waals surface area contributed by atoms with Crippen LogP contribution in [0.2, 0.25) is 5.02 Å². The molecule has 1 atom stereocenters. The Morgan fingerprint density at radius 3 is 2.67 bits per heavy atom. The van der Waals surface area contributed by atoms with E-state index in [1.807, 2.05) is 7.05 Å². The van der Waals surface area contributed by atoms with Crippen LogP contribution in [0.25, 0.3) is 0 Å². The summed E-state index contributed by atoms with van der Waals surface area (Å²) in [7, 11) is 2.01. The number of halogens is 1. The minimum Gasteiger partial charge on any atom is -0.347 e. The van der Waals surface area contributed by atoms with E-state index >= 15 is 0 Å². The van der Waals surface area contributed by atoms with E-state index < -0.39 is 4.92 Å². The zero-order valence-electron chi connectivity index (χ0n) is 12.2. The SMILES string of the molecule is CN1CC(NC(=O)c2ccc([N+](=O)[O-])cc2Cl)C(C)(C)C1. The number of benzene rings is 1. The molecule has 1 aliphatic rings. The fourth-order valence-corrected chi connectivity index (χ4v) is 2.97. The maximum absolute atomic E-state index is 12.3. The van der Waals surface area contributed by atoms with Gasteiger partial charge in [-0.3, -0.25) is 14.9 Å². The van der Waals surface area contributed by atoms with Crippen LogP contribution in [0.4, 0.5) is 5.69 Å². The first kappa shape index (κ1) is 15.7. The van der Waals surface area contributed by atoms with Crippen LogP contribution in [0.3, 0.4) is 0 Å². The predicted molar refractivity (Wildman–Crippen MR) is 80.6 cm³/mol. The Balaban J connectivity index is 2.16. The van der Waals surface area contributed by atoms with Gasteiger partial charge in [0, 0.05) is 31.3 Å². The second-order valence-electron chi connectivity index (χ2n) is 6.13. The second-order valence-corrected chi connectivity index (χ2v) is 6.54. The normalized spacial score (nSPS) is 21.2. The average molecular weight is 312 g/mol. The third-order valence-corrected chi connectivity index (χ3v) is 4.14. The van der Waals surface area contributed by atoms with Crippen LogP contribution in [-0.4, -0.2) is 41.9 Å². The molecule has 1 aliphatic heterocycles. The van der Waals surface area contributed by atoms with Crippen LogP contribution >= 0.6 is 11.6 Å². The van der Waals surface area contributed by atoms with E-state index in [0.29, 0.717) is 0 Å². The van der Waals surface area contributed by atoms with E-state index in [0.717, 1.165) is 13.1 Å². The number of nitrogens with one attached hydrogen (secondary N) is 1. The van der Waals surface area contributed by atoms with Gasteiger partial charge in [0.15, 0.2) is 0 Å². The van der Waals surface area contributed by atoms with Crippen LogP contribution < -0.4 is 5.32 Å². The van der Waals surface area contributed by atoms with E-state index in [2.05, 4.69) is 24.1 Å². The minimum atomic E-state index is -0.539. The molecule has 0 radical (unpaired) electrons. The van der Waals surface area contributed by atoms with Gasteiger partial charge in [-0.2, -0.15) is 0 Å². The largest absolute Gasteiger partial charge is 0.347 e. The van der Waals surface area contributed by atoms with Crippen LogP contribution in [0.1, 0.15) is 24.2 Å². The van der Waals surface area contributed by atoms with Gasteiger partial charge in [0.2, 0.25) is 0 Å². The molecular weight excluding hydrogens is 294 g/mol. The standard InChI is InChI=1S/C14H18ClN3O3/c1-14(2)8-17(3)7-12(14)16-13(19)10-5-4-9(18(20)21)6-11(10)15/h4-6,12H,7-8H2,1-3H3,(H,16,19). The van der Waals surface area contributed by atoms with Gasteiger partial charge >= 0.3 is 0 Å². The zero-order valence-corrected chi connectivity index (χ0v) is 13.0. The Bertz CT molecular complexity index is 589. The number of hydrogen-bond acceptors (Lipinski definition) is 4. The molecular formula is C14H18ClN3O3. The molecule has 0 bridgehead atoms. The van der Waals surface area contributed by atoms with Gasteiger partial charge < -0.3 is 10.2 Å². The number of rotatable bonds is 3. The summed E-state index contributed by atoms with van der Waals surface area (Å²) in [5.74, 6) is -0.303. The Morgan fingerprint density at radius 2 is 2.19 bits per heavy atom. The van der Waals surface area contributed by atoms with Gasteiger partial charge in [-0.05, 0) is 18.5 Å². The van der Waals surface area contributed by atoms with Crippen molar-refractivity contribution in [3.8, 4) is 0 Å². The number of carbonyl (C=O) groups excluding carboxylic acids is 1. The number of carbonyl (C=O) groups is 1. The van der Waals surface area contributed by atoms with Gasteiger partial charge in [-0.1, -0.05) is 25.4 Å². The molecule has 0 spiro atoms. The summed E-state index contributed by atoms with van der Waals surface area (Å²) in [6.07, 6.45) is 0. The molecule has 7 heteroatoms. The summed E-state index contributed by atoms with van der Waals surface area (Å²) in [4.78, 5) is 24.6. The van der Waals surface area contributed by atoms with Crippen LogP contribution in [0.15, 0.2) is 18.2 Å². The molecule has 114 valence electrons. The Labute approximate surface area is 128 Å². The summed E-state index contributed by atoms with van der Waals surface area (Å²) in [5, 5.41) is 13.7. The van der Waals surface area contributed by atoms with E-state index in [1.165, 1.54) is 18.2 Å². The summed E-state index contributed by atoms with van der Waals surface area (Å²) in [6.45, 7) is 5.85. The lowest BCUT2D eigenvalue weighted by molar-refractivity contribution is -0.384. The Morgan fingerprint density at radius 1 is 1.52 bits per heavy atom. The molecule has 21 heavy (non-hydrogen) atoms. The van der Waals surface area contributed by atoms with Crippen molar-refractivity contribution in [1.29, 1.82) is 0 Å². The summed E-state index contributed by atoms with van der Waals surface area (Å²) < 4.78 is 0. The molecule has 1 saturated heterocycles. The number of nitro groups is 1.